The summed E-state index contributed by atoms with van der Waals surface area (Å²) in [6, 6.07) is 0. The van der Waals surface area contributed by atoms with Crippen LogP contribution in [-0.2, 0) is 13.0 Å². The molecule has 0 aromatic carbocycles. The fourth-order valence-corrected chi connectivity index (χ4v) is 4.22. The third-order valence-electron chi connectivity index (χ3n) is 3.93. The molecule has 0 aliphatic carbocycles. The highest BCUT2D eigenvalue weighted by Crippen LogP contribution is 2.32. The van der Waals surface area contributed by atoms with E-state index in [-0.39, 0.29) is 0 Å². The van der Waals surface area contributed by atoms with Crippen molar-refractivity contribution in [2.75, 3.05) is 5.75 Å². The first kappa shape index (κ1) is 10.7. The normalized spacial score (nSPS) is 29.3. The Hall–Kier alpha value is -0.440. The molecule has 2 nitrogen and oxygen atoms in total. The first-order valence-corrected chi connectivity index (χ1v) is 7.55. The molecule has 1 aromatic heterocycles. The molecule has 0 spiro atoms. The van der Waals surface area contributed by atoms with Gasteiger partial charge in [0.15, 0.2) is 0 Å². The van der Waals surface area contributed by atoms with Crippen molar-refractivity contribution >= 4 is 11.8 Å². The monoisotopic (exact) mass is 236 g/mol. The van der Waals surface area contributed by atoms with Crippen molar-refractivity contribution in [1.29, 1.82) is 0 Å². The quantitative estimate of drug-likeness (QED) is 0.784. The van der Waals surface area contributed by atoms with E-state index in [4.69, 9.17) is 0 Å². The van der Waals surface area contributed by atoms with Gasteiger partial charge in [-0.3, -0.25) is 0 Å². The molecule has 1 fully saturated rings. The van der Waals surface area contributed by atoms with Gasteiger partial charge in [-0.15, -0.1) is 0 Å². The number of hydrogen-bond donors (Lipinski definition) is 0. The van der Waals surface area contributed by atoms with Gasteiger partial charge in [0, 0.05) is 30.1 Å². The highest BCUT2D eigenvalue weighted by molar-refractivity contribution is 8.00. The predicted molar refractivity (Wildman–Crippen MR) is 69.1 cm³/mol. The predicted octanol–water partition coefficient (Wildman–Crippen LogP) is 3.22. The molecule has 3 heterocycles. The van der Waals surface area contributed by atoms with Crippen molar-refractivity contribution in [2.45, 2.75) is 56.7 Å². The molecule has 3 rings (SSSR count). The standard InChI is InChI=1S/C13H20N2S/c1-10-4-2-6-15-12(10)9-14-13(15)8-11-5-3-7-16-11/h9-11H,2-8H2,1H3. The third kappa shape index (κ3) is 1.90. The summed E-state index contributed by atoms with van der Waals surface area (Å²) in [5.41, 5.74) is 1.48. The van der Waals surface area contributed by atoms with E-state index in [2.05, 4.69) is 34.4 Å². The Morgan fingerprint density at radius 3 is 3.19 bits per heavy atom. The van der Waals surface area contributed by atoms with E-state index >= 15 is 0 Å². The fourth-order valence-electron chi connectivity index (χ4n) is 2.96. The van der Waals surface area contributed by atoms with E-state index < -0.39 is 0 Å². The molecule has 2 aliphatic rings. The minimum absolute atomic E-state index is 0.714. The highest BCUT2D eigenvalue weighted by atomic mass is 32.2. The van der Waals surface area contributed by atoms with Gasteiger partial charge >= 0.3 is 0 Å². The Morgan fingerprint density at radius 1 is 1.44 bits per heavy atom. The summed E-state index contributed by atoms with van der Waals surface area (Å²) in [6.07, 6.45) is 8.77. The summed E-state index contributed by atoms with van der Waals surface area (Å²) in [7, 11) is 0. The molecule has 0 N–H and O–H groups in total. The van der Waals surface area contributed by atoms with Gasteiger partial charge < -0.3 is 4.57 Å². The molecular weight excluding hydrogens is 216 g/mol. The topological polar surface area (TPSA) is 17.8 Å². The van der Waals surface area contributed by atoms with E-state index in [9.17, 15) is 0 Å². The summed E-state index contributed by atoms with van der Waals surface area (Å²) in [5, 5.41) is 0.837. The van der Waals surface area contributed by atoms with Crippen molar-refractivity contribution in [3.63, 3.8) is 0 Å². The van der Waals surface area contributed by atoms with Gasteiger partial charge in [-0.2, -0.15) is 11.8 Å². The SMILES string of the molecule is CC1CCCn2c1cnc2CC1CCCS1. The molecule has 16 heavy (non-hydrogen) atoms. The van der Waals surface area contributed by atoms with Crippen molar-refractivity contribution < 1.29 is 0 Å². The van der Waals surface area contributed by atoms with E-state index in [1.165, 1.54) is 55.9 Å². The molecule has 2 unspecified atom stereocenters. The summed E-state index contributed by atoms with van der Waals surface area (Å²) in [6.45, 7) is 3.53. The number of aromatic nitrogens is 2. The molecule has 0 saturated carbocycles. The van der Waals surface area contributed by atoms with Gasteiger partial charge in [-0.05, 0) is 37.4 Å². The maximum Gasteiger partial charge on any atom is 0.109 e. The van der Waals surface area contributed by atoms with Crippen LogP contribution in [0.15, 0.2) is 6.20 Å². The van der Waals surface area contributed by atoms with Crippen LogP contribution >= 0.6 is 11.8 Å². The van der Waals surface area contributed by atoms with Gasteiger partial charge in [-0.1, -0.05) is 6.92 Å². The maximum absolute atomic E-state index is 4.66. The van der Waals surface area contributed by atoms with Crippen LogP contribution in [0.4, 0.5) is 0 Å². The first-order chi connectivity index (χ1) is 7.84. The van der Waals surface area contributed by atoms with Crippen LogP contribution in [0.5, 0.6) is 0 Å². The lowest BCUT2D eigenvalue weighted by atomic mass is 9.98. The molecule has 2 aliphatic heterocycles. The lowest BCUT2D eigenvalue weighted by Crippen LogP contribution is -2.17. The van der Waals surface area contributed by atoms with Crippen LogP contribution in [0.3, 0.4) is 0 Å². The molecule has 0 radical (unpaired) electrons. The third-order valence-corrected chi connectivity index (χ3v) is 5.33. The minimum Gasteiger partial charge on any atom is -0.332 e. The van der Waals surface area contributed by atoms with Crippen LogP contribution in [-0.4, -0.2) is 20.6 Å². The number of thioether (sulfide) groups is 1. The minimum atomic E-state index is 0.714. The van der Waals surface area contributed by atoms with Gasteiger partial charge in [0.1, 0.15) is 5.82 Å². The van der Waals surface area contributed by atoms with Crippen LogP contribution in [0.2, 0.25) is 0 Å². The molecule has 1 saturated heterocycles. The average molecular weight is 236 g/mol. The van der Waals surface area contributed by atoms with E-state index in [1.807, 2.05) is 0 Å². The average Bonchev–Trinajstić information content (AvgIpc) is 2.90. The maximum atomic E-state index is 4.66. The van der Waals surface area contributed by atoms with Crippen LogP contribution < -0.4 is 0 Å². The molecule has 0 amide bonds. The Balaban J connectivity index is 1.79. The fraction of sp³-hybridized carbons (Fsp3) is 0.769. The first-order valence-electron chi connectivity index (χ1n) is 6.50. The lowest BCUT2D eigenvalue weighted by Gasteiger charge is -2.22. The Kier molecular flexibility index (Phi) is 2.97. The van der Waals surface area contributed by atoms with Crippen molar-refractivity contribution in [3.8, 4) is 0 Å². The smallest absolute Gasteiger partial charge is 0.109 e. The zero-order valence-corrected chi connectivity index (χ0v) is 10.8. The number of hydrogen-bond acceptors (Lipinski definition) is 2. The van der Waals surface area contributed by atoms with Crippen LogP contribution in [0.1, 0.15) is 50.0 Å². The Labute approximate surface area is 102 Å². The zero-order chi connectivity index (χ0) is 11.0. The summed E-state index contributed by atoms with van der Waals surface area (Å²) >= 11 is 2.14. The van der Waals surface area contributed by atoms with Crippen molar-refractivity contribution in [3.05, 3.63) is 17.7 Å². The van der Waals surface area contributed by atoms with Gasteiger partial charge in [-0.25, -0.2) is 4.98 Å². The number of nitrogens with zero attached hydrogens (tertiary/aromatic N) is 2. The van der Waals surface area contributed by atoms with Crippen molar-refractivity contribution in [1.82, 2.24) is 9.55 Å². The lowest BCUT2D eigenvalue weighted by molar-refractivity contribution is 0.461. The zero-order valence-electron chi connectivity index (χ0n) is 9.98. The second-order valence-corrected chi connectivity index (χ2v) is 6.54. The van der Waals surface area contributed by atoms with Gasteiger partial charge in [0.05, 0.1) is 0 Å². The van der Waals surface area contributed by atoms with Crippen LogP contribution in [0, 0.1) is 0 Å². The Morgan fingerprint density at radius 2 is 2.38 bits per heavy atom. The molecule has 2 atom stereocenters. The second-order valence-electron chi connectivity index (χ2n) is 5.13. The number of imidazole rings is 1. The van der Waals surface area contributed by atoms with Crippen molar-refractivity contribution in [2.24, 2.45) is 0 Å². The summed E-state index contributed by atoms with van der Waals surface area (Å²) in [4.78, 5) is 4.66. The number of fused-ring (bicyclic) bond motifs is 1. The van der Waals surface area contributed by atoms with E-state index in [0.29, 0.717) is 5.92 Å². The molecule has 88 valence electrons. The van der Waals surface area contributed by atoms with E-state index in [1.54, 1.807) is 0 Å². The Bertz CT molecular complexity index is 366. The van der Waals surface area contributed by atoms with E-state index in [0.717, 1.165) is 5.25 Å². The summed E-state index contributed by atoms with van der Waals surface area (Å²) in [5.74, 6) is 3.42. The summed E-state index contributed by atoms with van der Waals surface area (Å²) < 4.78 is 2.49. The van der Waals surface area contributed by atoms with Crippen LogP contribution in [0.25, 0.3) is 0 Å². The molecule has 1 aromatic rings. The van der Waals surface area contributed by atoms with Gasteiger partial charge in [0.25, 0.3) is 0 Å². The molecule has 3 heteroatoms. The van der Waals surface area contributed by atoms with Gasteiger partial charge in [0.2, 0.25) is 0 Å². The number of rotatable bonds is 2. The molecule has 0 bridgehead atoms. The largest absolute Gasteiger partial charge is 0.332 e. The second kappa shape index (κ2) is 4.44. The highest BCUT2D eigenvalue weighted by Gasteiger charge is 2.23. The molecular formula is C13H20N2S.